The number of para-hydroxylation sites is 1. The van der Waals surface area contributed by atoms with E-state index in [1.54, 1.807) is 12.1 Å². The lowest BCUT2D eigenvalue weighted by Gasteiger charge is -2.28. The number of phenolic OH excluding ortho intramolecular Hbond substituents is 1. The largest absolute Gasteiger partial charge is 0.507 e. The van der Waals surface area contributed by atoms with E-state index in [0.29, 0.717) is 23.5 Å². The number of phenols is 1. The summed E-state index contributed by atoms with van der Waals surface area (Å²) in [6.07, 6.45) is 2.01. The summed E-state index contributed by atoms with van der Waals surface area (Å²) in [6.45, 7) is 1.27. The number of nitrogens with one attached hydrogen (secondary N) is 1. The van der Waals surface area contributed by atoms with E-state index >= 15 is 0 Å². The average Bonchev–Trinajstić information content (AvgIpc) is 3.42. The minimum absolute atomic E-state index is 0.0409. The number of halogens is 1. The zero-order chi connectivity index (χ0) is 20.0. The van der Waals surface area contributed by atoms with Gasteiger partial charge in [0.1, 0.15) is 17.1 Å². The van der Waals surface area contributed by atoms with Gasteiger partial charge in [0.25, 0.3) is 5.91 Å². The zero-order valence-electron chi connectivity index (χ0n) is 15.6. The van der Waals surface area contributed by atoms with Gasteiger partial charge < -0.3 is 14.7 Å². The Balaban J connectivity index is 1.65. The van der Waals surface area contributed by atoms with E-state index in [9.17, 15) is 9.90 Å². The molecule has 29 heavy (non-hydrogen) atoms. The van der Waals surface area contributed by atoms with Crippen LogP contribution >= 0.6 is 15.9 Å². The maximum Gasteiger partial charge on any atom is 0.273 e. The van der Waals surface area contributed by atoms with E-state index in [1.165, 1.54) is 0 Å². The molecule has 2 aliphatic rings. The number of ether oxygens (including phenoxy) is 1. The predicted octanol–water partition coefficient (Wildman–Crippen LogP) is 4.27. The van der Waals surface area contributed by atoms with Crippen molar-refractivity contribution in [1.82, 2.24) is 15.1 Å². The number of benzene rings is 2. The Morgan fingerprint density at radius 2 is 2.10 bits per heavy atom. The third-order valence-electron chi connectivity index (χ3n) is 5.61. The SMILES string of the molecule is O=C1c2[nH]nc(-c3ccccc3O)c2[C@@H](c2cccc(Br)c2)N1C[C@H]1CCCO1. The fourth-order valence-electron chi connectivity index (χ4n) is 4.30. The molecule has 0 saturated carbocycles. The fraction of sp³-hybridized carbons (Fsp3) is 0.273. The van der Waals surface area contributed by atoms with Gasteiger partial charge in [0.15, 0.2) is 0 Å². The third-order valence-corrected chi connectivity index (χ3v) is 6.10. The lowest BCUT2D eigenvalue weighted by atomic mass is 9.95. The summed E-state index contributed by atoms with van der Waals surface area (Å²) in [4.78, 5) is 15.2. The molecule has 0 bridgehead atoms. The summed E-state index contributed by atoms with van der Waals surface area (Å²) >= 11 is 3.55. The summed E-state index contributed by atoms with van der Waals surface area (Å²) in [5.74, 6) is 0.0504. The van der Waals surface area contributed by atoms with Gasteiger partial charge in [-0.1, -0.05) is 40.2 Å². The van der Waals surface area contributed by atoms with Crippen LogP contribution in [0.1, 0.15) is 40.5 Å². The molecular weight excluding hydrogens is 434 g/mol. The zero-order valence-corrected chi connectivity index (χ0v) is 17.2. The second-order valence-corrected chi connectivity index (χ2v) is 8.34. The van der Waals surface area contributed by atoms with Gasteiger partial charge in [-0.2, -0.15) is 5.10 Å². The molecule has 2 aromatic carbocycles. The van der Waals surface area contributed by atoms with Crippen molar-refractivity contribution in [2.45, 2.75) is 25.0 Å². The van der Waals surface area contributed by atoms with Gasteiger partial charge in [-0.3, -0.25) is 9.89 Å². The van der Waals surface area contributed by atoms with Gasteiger partial charge >= 0.3 is 0 Å². The lowest BCUT2D eigenvalue weighted by molar-refractivity contribution is 0.0495. The maximum absolute atomic E-state index is 13.3. The van der Waals surface area contributed by atoms with Crippen LogP contribution in [0.5, 0.6) is 5.75 Å². The molecule has 0 spiro atoms. The number of nitrogens with zero attached hydrogens (tertiary/aromatic N) is 2. The molecule has 0 aliphatic carbocycles. The number of aromatic amines is 1. The first-order valence-corrected chi connectivity index (χ1v) is 10.5. The van der Waals surface area contributed by atoms with Crippen LogP contribution in [0, 0.1) is 0 Å². The Hall–Kier alpha value is -2.64. The molecule has 2 N–H and O–H groups in total. The fourth-order valence-corrected chi connectivity index (χ4v) is 4.71. The van der Waals surface area contributed by atoms with Gasteiger partial charge in [-0.25, -0.2) is 0 Å². The van der Waals surface area contributed by atoms with Crippen molar-refractivity contribution in [2.75, 3.05) is 13.2 Å². The van der Waals surface area contributed by atoms with Gasteiger partial charge in [0.2, 0.25) is 0 Å². The second-order valence-electron chi connectivity index (χ2n) is 7.43. The van der Waals surface area contributed by atoms with Crippen LogP contribution in [0.2, 0.25) is 0 Å². The van der Waals surface area contributed by atoms with Crippen molar-refractivity contribution in [2.24, 2.45) is 0 Å². The van der Waals surface area contributed by atoms with Crippen molar-refractivity contribution < 1.29 is 14.6 Å². The Bertz CT molecular complexity index is 1070. The average molecular weight is 454 g/mol. The number of hydrogen-bond acceptors (Lipinski definition) is 4. The lowest BCUT2D eigenvalue weighted by Crippen LogP contribution is -2.36. The predicted molar refractivity (Wildman–Crippen MR) is 112 cm³/mol. The van der Waals surface area contributed by atoms with Gasteiger partial charge in [-0.05, 0) is 42.7 Å². The second kappa shape index (κ2) is 7.31. The minimum atomic E-state index is -0.299. The first-order chi connectivity index (χ1) is 14.1. The molecule has 1 saturated heterocycles. The number of hydrogen-bond donors (Lipinski definition) is 2. The Morgan fingerprint density at radius 1 is 1.24 bits per heavy atom. The Kier molecular flexibility index (Phi) is 4.64. The number of rotatable bonds is 4. The highest BCUT2D eigenvalue weighted by molar-refractivity contribution is 9.10. The maximum atomic E-state index is 13.3. The number of carbonyl (C=O) groups excluding carboxylic acids is 1. The van der Waals surface area contributed by atoms with Crippen molar-refractivity contribution in [3.63, 3.8) is 0 Å². The van der Waals surface area contributed by atoms with Gasteiger partial charge in [-0.15, -0.1) is 0 Å². The topological polar surface area (TPSA) is 78.5 Å². The highest BCUT2D eigenvalue weighted by Crippen LogP contribution is 2.45. The summed E-state index contributed by atoms with van der Waals surface area (Å²) < 4.78 is 6.76. The van der Waals surface area contributed by atoms with Crippen LogP contribution in [0.3, 0.4) is 0 Å². The monoisotopic (exact) mass is 453 g/mol. The van der Waals surface area contributed by atoms with E-state index in [1.807, 2.05) is 41.3 Å². The molecule has 1 fully saturated rings. The Morgan fingerprint density at radius 3 is 2.86 bits per heavy atom. The van der Waals surface area contributed by atoms with Crippen molar-refractivity contribution >= 4 is 21.8 Å². The first-order valence-electron chi connectivity index (χ1n) is 9.68. The molecule has 0 radical (unpaired) electrons. The Labute approximate surface area is 176 Å². The molecule has 1 amide bonds. The van der Waals surface area contributed by atoms with E-state index in [0.717, 1.165) is 35.0 Å². The van der Waals surface area contributed by atoms with Crippen LogP contribution in [0.15, 0.2) is 53.0 Å². The third kappa shape index (κ3) is 3.14. The number of aromatic hydroxyl groups is 1. The molecule has 2 atom stereocenters. The van der Waals surface area contributed by atoms with E-state index < -0.39 is 0 Å². The number of carbonyl (C=O) groups is 1. The van der Waals surface area contributed by atoms with Crippen molar-refractivity contribution in [3.8, 4) is 17.0 Å². The van der Waals surface area contributed by atoms with E-state index in [4.69, 9.17) is 4.74 Å². The number of amides is 1. The van der Waals surface area contributed by atoms with Crippen molar-refractivity contribution in [3.05, 3.63) is 69.8 Å². The molecule has 3 heterocycles. The number of fused-ring (bicyclic) bond motifs is 1. The van der Waals surface area contributed by atoms with Gasteiger partial charge in [0, 0.05) is 28.8 Å². The highest BCUT2D eigenvalue weighted by atomic mass is 79.9. The molecule has 2 aliphatic heterocycles. The van der Waals surface area contributed by atoms with Crippen LogP contribution in [0.4, 0.5) is 0 Å². The van der Waals surface area contributed by atoms with Crippen LogP contribution in [0.25, 0.3) is 11.3 Å². The van der Waals surface area contributed by atoms with Gasteiger partial charge in [0.05, 0.1) is 12.1 Å². The van der Waals surface area contributed by atoms with E-state index in [2.05, 4.69) is 26.1 Å². The van der Waals surface area contributed by atoms with Crippen LogP contribution < -0.4 is 0 Å². The quantitative estimate of drug-likeness (QED) is 0.618. The molecule has 5 rings (SSSR count). The molecule has 1 aromatic heterocycles. The summed E-state index contributed by atoms with van der Waals surface area (Å²) in [6, 6.07) is 14.7. The summed E-state index contributed by atoms with van der Waals surface area (Å²) in [5.41, 5.74) is 3.48. The molecule has 0 unspecified atom stereocenters. The standard InChI is InChI=1S/C22H20BrN3O3/c23-14-6-3-5-13(11-14)21-18-19(16-8-1-2-9-17(16)27)24-25-20(18)22(28)26(21)12-15-7-4-10-29-15/h1-3,5-6,8-9,11,15,21,27H,4,7,10,12H2,(H,24,25)/t15-,21-/m1/s1. The molecule has 6 nitrogen and oxygen atoms in total. The number of aromatic nitrogens is 2. The number of H-pyrrole nitrogens is 1. The summed E-state index contributed by atoms with van der Waals surface area (Å²) in [5, 5.41) is 17.7. The molecule has 3 aromatic rings. The summed E-state index contributed by atoms with van der Waals surface area (Å²) in [7, 11) is 0. The normalized spacial score (nSPS) is 21.0. The highest BCUT2D eigenvalue weighted by Gasteiger charge is 2.43. The van der Waals surface area contributed by atoms with Crippen molar-refractivity contribution in [1.29, 1.82) is 0 Å². The van der Waals surface area contributed by atoms with Crippen LogP contribution in [-0.2, 0) is 4.74 Å². The molecule has 148 valence electrons. The smallest absolute Gasteiger partial charge is 0.273 e. The molecular formula is C22H20BrN3O3. The minimum Gasteiger partial charge on any atom is -0.507 e. The van der Waals surface area contributed by atoms with Crippen LogP contribution in [-0.4, -0.2) is 45.4 Å². The first kappa shape index (κ1) is 18.4. The van der Waals surface area contributed by atoms with E-state index in [-0.39, 0.29) is 23.8 Å². The molecule has 7 heteroatoms.